The van der Waals surface area contributed by atoms with E-state index in [1.165, 1.54) is 5.56 Å². The molecule has 3 aromatic rings. The highest BCUT2D eigenvalue weighted by Gasteiger charge is 2.28. The Labute approximate surface area is 201 Å². The summed E-state index contributed by atoms with van der Waals surface area (Å²) in [4.78, 5) is 2.65. The predicted octanol–water partition coefficient (Wildman–Crippen LogP) is 3.75. The molecule has 1 fully saturated rings. The number of sulfonamides is 1. The topological polar surface area (TPSA) is 61.4 Å². The molecule has 1 saturated heterocycles. The van der Waals surface area contributed by atoms with E-state index in [1.807, 2.05) is 36.4 Å². The van der Waals surface area contributed by atoms with Gasteiger partial charge in [0.25, 0.3) is 0 Å². The molecule has 174 valence electrons. The van der Waals surface area contributed by atoms with Gasteiger partial charge in [0.1, 0.15) is 0 Å². The molecular weight excluding hydrogens is 454 g/mol. The van der Waals surface area contributed by atoms with E-state index >= 15 is 0 Å². The van der Waals surface area contributed by atoms with Crippen molar-refractivity contribution < 1.29 is 8.42 Å². The molecule has 0 unspecified atom stereocenters. The second-order valence-electron chi connectivity index (χ2n) is 8.50. The highest BCUT2D eigenvalue weighted by molar-refractivity contribution is 7.89. The maximum atomic E-state index is 13.2. The Morgan fingerprint density at radius 2 is 1.58 bits per heavy atom. The Hall–Kier alpha value is -2.22. The fraction of sp³-hybridized carbons (Fsp3) is 0.308. The highest BCUT2D eigenvalue weighted by atomic mass is 35.5. The van der Waals surface area contributed by atoms with Crippen LogP contribution in [0.3, 0.4) is 0 Å². The molecular formula is C26H30ClN3O2S. The molecule has 1 aliphatic heterocycles. The molecule has 0 aromatic heterocycles. The number of hydrogen-bond donors (Lipinski definition) is 2. The third kappa shape index (κ3) is 6.88. The second kappa shape index (κ2) is 11.3. The minimum Gasteiger partial charge on any atom is -0.314 e. The molecule has 2 atom stereocenters. The zero-order valence-corrected chi connectivity index (χ0v) is 20.1. The van der Waals surface area contributed by atoms with Crippen molar-refractivity contribution in [3.05, 3.63) is 101 Å². The Morgan fingerprint density at radius 1 is 0.939 bits per heavy atom. The van der Waals surface area contributed by atoms with E-state index in [0.29, 0.717) is 24.0 Å². The van der Waals surface area contributed by atoms with Crippen molar-refractivity contribution in [1.29, 1.82) is 0 Å². The van der Waals surface area contributed by atoms with Gasteiger partial charge in [0.05, 0.1) is 4.90 Å². The van der Waals surface area contributed by atoms with Gasteiger partial charge in [-0.25, -0.2) is 13.1 Å². The van der Waals surface area contributed by atoms with E-state index in [9.17, 15) is 8.42 Å². The SMILES string of the molecule is O=S(=O)(N[C@@H](Cc1ccccc1)CN1CCNC[C@@H]1Cc1ccccc1)c1ccc(Cl)cc1. The minimum absolute atomic E-state index is 0.228. The summed E-state index contributed by atoms with van der Waals surface area (Å²) in [7, 11) is -3.67. The molecule has 5 nitrogen and oxygen atoms in total. The highest BCUT2D eigenvalue weighted by Crippen LogP contribution is 2.17. The van der Waals surface area contributed by atoms with Gasteiger partial charge in [-0.3, -0.25) is 4.90 Å². The lowest BCUT2D eigenvalue weighted by Gasteiger charge is -2.38. The van der Waals surface area contributed by atoms with Crippen LogP contribution in [0.15, 0.2) is 89.8 Å². The summed E-state index contributed by atoms with van der Waals surface area (Å²) in [5, 5.41) is 4.01. The molecule has 1 aliphatic rings. The van der Waals surface area contributed by atoms with Crippen LogP contribution in [-0.2, 0) is 22.9 Å². The lowest BCUT2D eigenvalue weighted by Crippen LogP contribution is -2.56. The molecule has 1 heterocycles. The summed E-state index contributed by atoms with van der Waals surface area (Å²) in [5.74, 6) is 0. The number of halogens is 1. The maximum Gasteiger partial charge on any atom is 0.240 e. The zero-order chi connectivity index (χ0) is 23.1. The fourth-order valence-corrected chi connectivity index (χ4v) is 5.71. The molecule has 4 rings (SSSR count). The number of hydrogen-bond acceptors (Lipinski definition) is 4. The number of nitrogens with zero attached hydrogens (tertiary/aromatic N) is 1. The zero-order valence-electron chi connectivity index (χ0n) is 18.5. The van der Waals surface area contributed by atoms with E-state index in [0.717, 1.165) is 31.6 Å². The number of piperazine rings is 1. The summed E-state index contributed by atoms with van der Waals surface area (Å²) in [6.07, 6.45) is 1.55. The molecule has 3 aromatic carbocycles. The molecule has 2 N–H and O–H groups in total. The van der Waals surface area contributed by atoms with Crippen molar-refractivity contribution >= 4 is 21.6 Å². The Bertz CT molecular complexity index is 1110. The molecule has 33 heavy (non-hydrogen) atoms. The molecule has 0 spiro atoms. The van der Waals surface area contributed by atoms with Crippen LogP contribution in [0.25, 0.3) is 0 Å². The van der Waals surface area contributed by atoms with Crippen molar-refractivity contribution in [2.24, 2.45) is 0 Å². The van der Waals surface area contributed by atoms with E-state index in [2.05, 4.69) is 39.2 Å². The van der Waals surface area contributed by atoms with E-state index in [1.54, 1.807) is 24.3 Å². The van der Waals surface area contributed by atoms with Crippen LogP contribution in [-0.4, -0.2) is 51.6 Å². The predicted molar refractivity (Wildman–Crippen MR) is 134 cm³/mol. The van der Waals surface area contributed by atoms with Gasteiger partial charge < -0.3 is 5.32 Å². The van der Waals surface area contributed by atoms with Crippen LogP contribution in [0.5, 0.6) is 0 Å². The van der Waals surface area contributed by atoms with Crippen LogP contribution >= 0.6 is 11.6 Å². The van der Waals surface area contributed by atoms with Gasteiger partial charge in [0.2, 0.25) is 10.0 Å². The number of benzene rings is 3. The first-order chi connectivity index (χ1) is 16.0. The quantitative estimate of drug-likeness (QED) is 0.486. The van der Waals surface area contributed by atoms with Gasteiger partial charge in [-0.2, -0.15) is 0 Å². The molecule has 0 bridgehead atoms. The largest absolute Gasteiger partial charge is 0.314 e. The van der Waals surface area contributed by atoms with Crippen LogP contribution < -0.4 is 10.0 Å². The minimum atomic E-state index is -3.67. The van der Waals surface area contributed by atoms with Crippen LogP contribution in [0.1, 0.15) is 11.1 Å². The second-order valence-corrected chi connectivity index (χ2v) is 10.7. The van der Waals surface area contributed by atoms with Crippen LogP contribution in [0.4, 0.5) is 0 Å². The summed E-state index contributed by atoms with van der Waals surface area (Å²) < 4.78 is 29.3. The van der Waals surface area contributed by atoms with Crippen molar-refractivity contribution in [2.45, 2.75) is 29.8 Å². The summed E-state index contributed by atoms with van der Waals surface area (Å²) in [6.45, 7) is 3.30. The first-order valence-corrected chi connectivity index (χ1v) is 13.2. The van der Waals surface area contributed by atoms with Gasteiger partial charge in [-0.15, -0.1) is 0 Å². The maximum absolute atomic E-state index is 13.2. The smallest absolute Gasteiger partial charge is 0.240 e. The van der Waals surface area contributed by atoms with Crippen molar-refractivity contribution in [3.63, 3.8) is 0 Å². The monoisotopic (exact) mass is 483 g/mol. The van der Waals surface area contributed by atoms with Gasteiger partial charge in [0.15, 0.2) is 0 Å². The van der Waals surface area contributed by atoms with Crippen molar-refractivity contribution in [2.75, 3.05) is 26.2 Å². The number of rotatable bonds is 9. The first kappa shape index (κ1) is 23.9. The normalized spacial score (nSPS) is 18.2. The van der Waals surface area contributed by atoms with E-state index in [4.69, 9.17) is 11.6 Å². The Balaban J connectivity index is 1.53. The van der Waals surface area contributed by atoms with Gasteiger partial charge in [-0.05, 0) is 48.2 Å². The molecule has 0 aliphatic carbocycles. The Kier molecular flexibility index (Phi) is 8.17. The van der Waals surface area contributed by atoms with Crippen molar-refractivity contribution in [1.82, 2.24) is 14.9 Å². The lowest BCUT2D eigenvalue weighted by atomic mass is 10.0. The first-order valence-electron chi connectivity index (χ1n) is 11.3. The average Bonchev–Trinajstić information content (AvgIpc) is 2.82. The lowest BCUT2D eigenvalue weighted by molar-refractivity contribution is 0.148. The third-order valence-electron chi connectivity index (χ3n) is 6.01. The van der Waals surface area contributed by atoms with Gasteiger partial charge in [0, 0.05) is 43.3 Å². The number of nitrogens with one attached hydrogen (secondary N) is 2. The fourth-order valence-electron chi connectivity index (χ4n) is 4.36. The molecule has 0 radical (unpaired) electrons. The van der Waals surface area contributed by atoms with Gasteiger partial charge >= 0.3 is 0 Å². The summed E-state index contributed by atoms with van der Waals surface area (Å²) >= 11 is 5.96. The summed E-state index contributed by atoms with van der Waals surface area (Å²) in [5.41, 5.74) is 2.40. The van der Waals surface area contributed by atoms with Gasteiger partial charge in [-0.1, -0.05) is 72.3 Å². The molecule has 0 saturated carbocycles. The molecule has 7 heteroatoms. The summed E-state index contributed by atoms with van der Waals surface area (Å²) in [6, 6.07) is 26.9. The van der Waals surface area contributed by atoms with E-state index < -0.39 is 10.0 Å². The molecule has 0 amide bonds. The standard InChI is InChI=1S/C26H30ClN3O2S/c27-23-11-13-26(14-12-23)33(31,32)29-24(17-21-7-3-1-4-8-21)20-30-16-15-28-19-25(30)18-22-9-5-2-6-10-22/h1-14,24-25,28-29H,15-20H2/t24-,25-/m0/s1. The van der Waals surface area contributed by atoms with Crippen LogP contribution in [0.2, 0.25) is 5.02 Å². The Morgan fingerprint density at radius 3 is 2.24 bits per heavy atom. The average molecular weight is 484 g/mol. The third-order valence-corrected chi connectivity index (χ3v) is 7.80. The van der Waals surface area contributed by atoms with E-state index in [-0.39, 0.29) is 10.9 Å². The van der Waals surface area contributed by atoms with Crippen LogP contribution in [0, 0.1) is 0 Å². The van der Waals surface area contributed by atoms with Crippen molar-refractivity contribution in [3.8, 4) is 0 Å².